The third-order valence-electron chi connectivity index (χ3n) is 3.68. The van der Waals surface area contributed by atoms with Gasteiger partial charge in [0.25, 0.3) is 0 Å². The normalized spacial score (nSPS) is 13.9. The van der Waals surface area contributed by atoms with E-state index >= 15 is 0 Å². The van der Waals surface area contributed by atoms with Crippen LogP contribution >= 0.6 is 23.2 Å². The SMILES string of the molecule is Clc1cccc(-c2cc3nc4c(c(Cl)n3n2)CCC4)c1. The average Bonchev–Trinajstić information content (AvgIpc) is 3.05. The zero-order valence-corrected chi connectivity index (χ0v) is 12.1. The Morgan fingerprint density at radius 3 is 2.85 bits per heavy atom. The van der Waals surface area contributed by atoms with Gasteiger partial charge in [0.05, 0.1) is 5.69 Å². The number of hydrogen-bond donors (Lipinski definition) is 0. The predicted octanol–water partition coefficient (Wildman–Crippen LogP) is 4.19. The number of rotatable bonds is 1. The second kappa shape index (κ2) is 4.47. The van der Waals surface area contributed by atoms with Crippen LogP contribution < -0.4 is 0 Å². The number of aromatic nitrogens is 3. The number of aryl methyl sites for hydroxylation is 1. The predicted molar refractivity (Wildman–Crippen MR) is 80.5 cm³/mol. The van der Waals surface area contributed by atoms with Gasteiger partial charge < -0.3 is 0 Å². The first-order valence-corrected chi connectivity index (χ1v) is 7.31. The van der Waals surface area contributed by atoms with Crippen molar-refractivity contribution in [1.82, 2.24) is 14.6 Å². The first kappa shape index (κ1) is 12.2. The zero-order valence-electron chi connectivity index (χ0n) is 10.6. The van der Waals surface area contributed by atoms with Crippen LogP contribution in [0.1, 0.15) is 17.7 Å². The lowest BCUT2D eigenvalue weighted by Gasteiger charge is -2.03. The van der Waals surface area contributed by atoms with Crippen LogP contribution in [0.2, 0.25) is 10.2 Å². The maximum Gasteiger partial charge on any atom is 0.157 e. The molecule has 5 heteroatoms. The first-order valence-electron chi connectivity index (χ1n) is 6.55. The maximum atomic E-state index is 6.45. The van der Waals surface area contributed by atoms with Crippen molar-refractivity contribution in [2.24, 2.45) is 0 Å². The fraction of sp³-hybridized carbons (Fsp3) is 0.200. The quantitative estimate of drug-likeness (QED) is 0.631. The molecule has 0 aliphatic heterocycles. The van der Waals surface area contributed by atoms with Crippen LogP contribution in [0, 0.1) is 0 Å². The molecule has 0 saturated carbocycles. The van der Waals surface area contributed by atoms with E-state index in [1.165, 1.54) is 0 Å². The molecule has 0 spiro atoms. The molecule has 0 bridgehead atoms. The van der Waals surface area contributed by atoms with Crippen LogP contribution in [0.5, 0.6) is 0 Å². The molecule has 2 aromatic heterocycles. The Hall–Kier alpha value is -1.58. The summed E-state index contributed by atoms with van der Waals surface area (Å²) in [6, 6.07) is 9.59. The molecule has 2 heterocycles. The second-order valence-electron chi connectivity index (χ2n) is 4.99. The molecular weight excluding hydrogens is 293 g/mol. The van der Waals surface area contributed by atoms with E-state index in [-0.39, 0.29) is 0 Å². The molecule has 0 radical (unpaired) electrons. The zero-order chi connectivity index (χ0) is 13.7. The lowest BCUT2D eigenvalue weighted by molar-refractivity contribution is 0.901. The van der Waals surface area contributed by atoms with Gasteiger partial charge in [0.2, 0.25) is 0 Å². The number of halogens is 2. The van der Waals surface area contributed by atoms with Crippen molar-refractivity contribution >= 4 is 28.8 Å². The highest BCUT2D eigenvalue weighted by Crippen LogP contribution is 2.30. The summed E-state index contributed by atoms with van der Waals surface area (Å²) in [5, 5.41) is 5.95. The Kier molecular flexibility index (Phi) is 2.72. The highest BCUT2D eigenvalue weighted by atomic mass is 35.5. The summed E-state index contributed by atoms with van der Waals surface area (Å²) in [7, 11) is 0. The summed E-state index contributed by atoms with van der Waals surface area (Å²) < 4.78 is 1.72. The summed E-state index contributed by atoms with van der Waals surface area (Å²) in [6.45, 7) is 0. The van der Waals surface area contributed by atoms with Crippen LogP contribution in [0.3, 0.4) is 0 Å². The van der Waals surface area contributed by atoms with E-state index in [4.69, 9.17) is 23.2 Å². The van der Waals surface area contributed by atoms with Crippen molar-refractivity contribution in [2.45, 2.75) is 19.3 Å². The molecule has 100 valence electrons. The average molecular weight is 304 g/mol. The van der Waals surface area contributed by atoms with Gasteiger partial charge in [0.1, 0.15) is 5.15 Å². The van der Waals surface area contributed by atoms with E-state index < -0.39 is 0 Å². The largest absolute Gasteiger partial charge is 0.233 e. The fourth-order valence-electron chi connectivity index (χ4n) is 2.72. The van der Waals surface area contributed by atoms with Crippen LogP contribution in [-0.2, 0) is 12.8 Å². The van der Waals surface area contributed by atoms with Gasteiger partial charge in [-0.2, -0.15) is 5.10 Å². The molecule has 1 aromatic carbocycles. The van der Waals surface area contributed by atoms with E-state index in [9.17, 15) is 0 Å². The highest BCUT2D eigenvalue weighted by molar-refractivity contribution is 6.31. The van der Waals surface area contributed by atoms with Gasteiger partial charge >= 0.3 is 0 Å². The lowest BCUT2D eigenvalue weighted by Crippen LogP contribution is -1.99. The number of nitrogens with zero attached hydrogens (tertiary/aromatic N) is 3. The Labute approximate surface area is 126 Å². The van der Waals surface area contributed by atoms with Crippen LogP contribution in [0.15, 0.2) is 30.3 Å². The topological polar surface area (TPSA) is 30.2 Å². The molecule has 20 heavy (non-hydrogen) atoms. The van der Waals surface area contributed by atoms with Crippen LogP contribution in [0.25, 0.3) is 16.9 Å². The smallest absolute Gasteiger partial charge is 0.157 e. The molecule has 3 aromatic rings. The van der Waals surface area contributed by atoms with Gasteiger partial charge in [-0.05, 0) is 31.4 Å². The lowest BCUT2D eigenvalue weighted by atomic mass is 10.1. The van der Waals surface area contributed by atoms with Gasteiger partial charge in [0, 0.05) is 27.9 Å². The summed E-state index contributed by atoms with van der Waals surface area (Å²) >= 11 is 12.5. The Balaban J connectivity index is 1.94. The minimum absolute atomic E-state index is 0.691. The molecular formula is C15H11Cl2N3. The van der Waals surface area contributed by atoms with Gasteiger partial charge in [-0.15, -0.1) is 0 Å². The summed E-state index contributed by atoms with van der Waals surface area (Å²) in [4.78, 5) is 4.67. The maximum absolute atomic E-state index is 6.45. The molecule has 0 atom stereocenters. The molecule has 0 amide bonds. The monoisotopic (exact) mass is 303 g/mol. The molecule has 4 rings (SSSR count). The molecule has 1 aliphatic carbocycles. The van der Waals surface area contributed by atoms with Crippen molar-refractivity contribution in [3.05, 3.63) is 51.8 Å². The third-order valence-corrected chi connectivity index (χ3v) is 4.31. The number of benzene rings is 1. The fourth-order valence-corrected chi connectivity index (χ4v) is 3.24. The highest BCUT2D eigenvalue weighted by Gasteiger charge is 2.20. The minimum atomic E-state index is 0.691. The molecule has 0 N–H and O–H groups in total. The van der Waals surface area contributed by atoms with Crippen molar-refractivity contribution in [3.8, 4) is 11.3 Å². The Morgan fingerprint density at radius 2 is 2.00 bits per heavy atom. The summed E-state index contributed by atoms with van der Waals surface area (Å²) in [6.07, 6.45) is 3.11. The van der Waals surface area contributed by atoms with E-state index in [0.717, 1.165) is 47.4 Å². The summed E-state index contributed by atoms with van der Waals surface area (Å²) in [5.74, 6) is 0. The van der Waals surface area contributed by atoms with Crippen molar-refractivity contribution in [3.63, 3.8) is 0 Å². The number of fused-ring (bicyclic) bond motifs is 2. The summed E-state index contributed by atoms with van der Waals surface area (Å²) in [5.41, 5.74) is 4.86. The molecule has 0 saturated heterocycles. The molecule has 1 aliphatic rings. The van der Waals surface area contributed by atoms with E-state index in [2.05, 4.69) is 10.1 Å². The van der Waals surface area contributed by atoms with Crippen molar-refractivity contribution in [2.75, 3.05) is 0 Å². The van der Waals surface area contributed by atoms with Gasteiger partial charge in [0.15, 0.2) is 5.65 Å². The van der Waals surface area contributed by atoms with E-state index in [1.807, 2.05) is 30.3 Å². The standard InChI is InChI=1S/C15H11Cl2N3/c16-10-4-1-3-9(7-10)13-8-14-18-12-6-2-5-11(12)15(17)20(14)19-13/h1,3-4,7-8H,2,5-6H2. The Bertz CT molecular complexity index is 823. The molecule has 0 unspecified atom stereocenters. The van der Waals surface area contributed by atoms with Crippen molar-refractivity contribution < 1.29 is 0 Å². The Morgan fingerprint density at radius 1 is 1.10 bits per heavy atom. The third kappa shape index (κ3) is 1.81. The van der Waals surface area contributed by atoms with E-state index in [0.29, 0.717) is 10.2 Å². The second-order valence-corrected chi connectivity index (χ2v) is 5.79. The molecule has 0 fully saturated rings. The first-order chi connectivity index (χ1) is 9.72. The van der Waals surface area contributed by atoms with Crippen LogP contribution in [0.4, 0.5) is 0 Å². The number of hydrogen-bond acceptors (Lipinski definition) is 2. The van der Waals surface area contributed by atoms with Crippen LogP contribution in [-0.4, -0.2) is 14.6 Å². The van der Waals surface area contributed by atoms with Crippen molar-refractivity contribution in [1.29, 1.82) is 0 Å². The van der Waals surface area contributed by atoms with Gasteiger partial charge in [-0.3, -0.25) is 0 Å². The van der Waals surface area contributed by atoms with Gasteiger partial charge in [-0.1, -0.05) is 35.3 Å². The van der Waals surface area contributed by atoms with Gasteiger partial charge in [-0.25, -0.2) is 9.50 Å². The molecule has 3 nitrogen and oxygen atoms in total. The minimum Gasteiger partial charge on any atom is -0.233 e. The van der Waals surface area contributed by atoms with E-state index in [1.54, 1.807) is 4.52 Å².